The number of nitrogens with one attached hydrogen (secondary N) is 2. The number of carbonyl (C=O) groups excluding carboxylic acids is 1. The Morgan fingerprint density at radius 2 is 2.19 bits per heavy atom. The molecular weight excluding hydrogens is 268 g/mol. The highest BCUT2D eigenvalue weighted by Gasteiger charge is 2.15. The van der Waals surface area contributed by atoms with Gasteiger partial charge in [-0.2, -0.15) is 10.2 Å². The number of nitrogens with zero attached hydrogens (tertiary/aromatic N) is 4. The van der Waals surface area contributed by atoms with E-state index in [2.05, 4.69) is 30.8 Å². The number of amides is 1. The van der Waals surface area contributed by atoms with E-state index in [4.69, 9.17) is 0 Å². The Morgan fingerprint density at radius 1 is 1.38 bits per heavy atom. The van der Waals surface area contributed by atoms with Crippen molar-refractivity contribution in [2.75, 3.05) is 12.4 Å². The molecule has 0 atom stereocenters. The first-order chi connectivity index (χ1) is 10.1. The van der Waals surface area contributed by atoms with Crippen molar-refractivity contribution in [1.82, 2.24) is 25.5 Å². The summed E-state index contributed by atoms with van der Waals surface area (Å²) in [7, 11) is 1.73. The van der Waals surface area contributed by atoms with Crippen molar-refractivity contribution in [3.05, 3.63) is 41.7 Å². The topological polar surface area (TPSA) is 92.7 Å². The summed E-state index contributed by atoms with van der Waals surface area (Å²) in [6.07, 6.45) is 3.21. The third-order valence-electron chi connectivity index (χ3n) is 2.87. The van der Waals surface area contributed by atoms with Crippen LogP contribution in [0.3, 0.4) is 0 Å². The molecule has 2 heterocycles. The highest BCUT2D eigenvalue weighted by atomic mass is 16.1. The van der Waals surface area contributed by atoms with Crippen LogP contribution in [0.2, 0.25) is 0 Å². The van der Waals surface area contributed by atoms with Gasteiger partial charge in [-0.05, 0) is 12.1 Å². The van der Waals surface area contributed by atoms with Gasteiger partial charge in [-0.1, -0.05) is 13.8 Å². The predicted octanol–water partition coefficient (Wildman–Crippen LogP) is 1.36. The van der Waals surface area contributed by atoms with E-state index in [0.717, 1.165) is 0 Å². The highest BCUT2D eigenvalue weighted by Crippen LogP contribution is 2.15. The average molecular weight is 286 g/mol. The molecule has 0 aliphatic carbocycles. The molecule has 0 fully saturated rings. The van der Waals surface area contributed by atoms with E-state index >= 15 is 0 Å². The lowest BCUT2D eigenvalue weighted by Crippen LogP contribution is -2.26. The van der Waals surface area contributed by atoms with E-state index in [0.29, 0.717) is 29.4 Å². The van der Waals surface area contributed by atoms with Crippen molar-refractivity contribution in [2.45, 2.75) is 26.3 Å². The fourth-order valence-corrected chi connectivity index (χ4v) is 1.71. The molecule has 0 aromatic carbocycles. The van der Waals surface area contributed by atoms with Gasteiger partial charge in [0.25, 0.3) is 5.91 Å². The summed E-state index contributed by atoms with van der Waals surface area (Å²) in [5.41, 5.74) is 1.62. The van der Waals surface area contributed by atoms with Gasteiger partial charge in [-0.3, -0.25) is 4.79 Å². The van der Waals surface area contributed by atoms with Gasteiger partial charge < -0.3 is 10.6 Å². The largest absolute Gasteiger partial charge is 0.385 e. The first kappa shape index (κ1) is 14.8. The first-order valence-corrected chi connectivity index (χ1v) is 6.71. The second kappa shape index (κ2) is 6.74. The van der Waals surface area contributed by atoms with E-state index in [1.807, 2.05) is 13.8 Å². The van der Waals surface area contributed by atoms with Crippen LogP contribution in [-0.4, -0.2) is 33.1 Å². The van der Waals surface area contributed by atoms with Gasteiger partial charge in [-0.15, -0.1) is 0 Å². The summed E-state index contributed by atoms with van der Waals surface area (Å²) in [6.45, 7) is 4.27. The van der Waals surface area contributed by atoms with Gasteiger partial charge >= 0.3 is 0 Å². The normalized spacial score (nSPS) is 10.5. The van der Waals surface area contributed by atoms with Crippen LogP contribution in [0.4, 0.5) is 5.69 Å². The summed E-state index contributed by atoms with van der Waals surface area (Å²) in [6, 6.07) is 3.57. The van der Waals surface area contributed by atoms with Crippen molar-refractivity contribution < 1.29 is 4.79 Å². The molecule has 0 aliphatic rings. The summed E-state index contributed by atoms with van der Waals surface area (Å²) >= 11 is 0. The number of hydrogen-bond acceptors (Lipinski definition) is 6. The maximum Gasteiger partial charge on any atom is 0.272 e. The molecule has 0 unspecified atom stereocenters. The third-order valence-corrected chi connectivity index (χ3v) is 2.87. The number of carbonyl (C=O) groups is 1. The molecule has 2 aromatic rings. The van der Waals surface area contributed by atoms with Crippen molar-refractivity contribution in [2.24, 2.45) is 0 Å². The molecule has 0 spiro atoms. The molecular formula is C14H18N6O. The zero-order valence-electron chi connectivity index (χ0n) is 12.3. The second-order valence-corrected chi connectivity index (χ2v) is 4.79. The summed E-state index contributed by atoms with van der Waals surface area (Å²) in [5, 5.41) is 13.4. The maximum atomic E-state index is 12.3. The fourth-order valence-electron chi connectivity index (χ4n) is 1.71. The molecule has 1 amide bonds. The van der Waals surface area contributed by atoms with Crippen LogP contribution in [0.5, 0.6) is 0 Å². The number of anilines is 1. The van der Waals surface area contributed by atoms with Crippen molar-refractivity contribution in [3.63, 3.8) is 0 Å². The molecule has 2 rings (SSSR count). The van der Waals surface area contributed by atoms with Gasteiger partial charge in [0.05, 0.1) is 24.1 Å². The zero-order valence-corrected chi connectivity index (χ0v) is 12.3. The molecule has 0 saturated carbocycles. The second-order valence-electron chi connectivity index (χ2n) is 4.79. The molecule has 7 nitrogen and oxygen atoms in total. The molecule has 2 N–H and O–H groups in total. The van der Waals surface area contributed by atoms with Crippen LogP contribution >= 0.6 is 0 Å². The van der Waals surface area contributed by atoms with Crippen LogP contribution < -0.4 is 10.6 Å². The third kappa shape index (κ3) is 3.71. The standard InChI is InChI=1S/C14H18N6O/c1-9(2)13-16-8-11(15-3)12(19-13)14(21)17-7-10-5-4-6-18-20-10/h4-6,8-9,15H,7H2,1-3H3,(H,17,21). The quantitative estimate of drug-likeness (QED) is 0.862. The first-order valence-electron chi connectivity index (χ1n) is 6.71. The van der Waals surface area contributed by atoms with Gasteiger partial charge in [0.15, 0.2) is 5.69 Å². The van der Waals surface area contributed by atoms with Crippen LogP contribution in [0.15, 0.2) is 24.5 Å². The minimum Gasteiger partial charge on any atom is -0.385 e. The lowest BCUT2D eigenvalue weighted by molar-refractivity contribution is 0.0945. The van der Waals surface area contributed by atoms with Crippen LogP contribution in [0.1, 0.15) is 41.8 Å². The molecule has 110 valence electrons. The minimum atomic E-state index is -0.269. The van der Waals surface area contributed by atoms with Crippen molar-refractivity contribution in [3.8, 4) is 0 Å². The molecule has 21 heavy (non-hydrogen) atoms. The molecule has 7 heteroatoms. The smallest absolute Gasteiger partial charge is 0.272 e. The van der Waals surface area contributed by atoms with E-state index < -0.39 is 0 Å². The minimum absolute atomic E-state index is 0.155. The lowest BCUT2D eigenvalue weighted by Gasteiger charge is -2.11. The van der Waals surface area contributed by atoms with Crippen molar-refractivity contribution >= 4 is 11.6 Å². The summed E-state index contributed by atoms with van der Waals surface area (Å²) in [4.78, 5) is 20.9. The Morgan fingerprint density at radius 3 is 2.81 bits per heavy atom. The van der Waals surface area contributed by atoms with Gasteiger partial charge in [-0.25, -0.2) is 9.97 Å². The van der Waals surface area contributed by atoms with Crippen molar-refractivity contribution in [1.29, 1.82) is 0 Å². The van der Waals surface area contributed by atoms with E-state index in [1.165, 1.54) is 0 Å². The Hall–Kier alpha value is -2.57. The van der Waals surface area contributed by atoms with Crippen LogP contribution in [0, 0.1) is 0 Å². The lowest BCUT2D eigenvalue weighted by atomic mass is 10.2. The Labute approximate surface area is 123 Å². The maximum absolute atomic E-state index is 12.3. The number of aromatic nitrogens is 4. The Balaban J connectivity index is 2.15. The van der Waals surface area contributed by atoms with E-state index in [-0.39, 0.29) is 11.8 Å². The monoisotopic (exact) mass is 286 g/mol. The molecule has 0 radical (unpaired) electrons. The Bertz CT molecular complexity index is 614. The molecule has 0 bridgehead atoms. The summed E-state index contributed by atoms with van der Waals surface area (Å²) < 4.78 is 0. The molecule has 0 saturated heterocycles. The highest BCUT2D eigenvalue weighted by molar-refractivity contribution is 5.97. The molecule has 2 aromatic heterocycles. The summed E-state index contributed by atoms with van der Waals surface area (Å²) in [5.74, 6) is 0.524. The van der Waals surface area contributed by atoms with Crippen LogP contribution in [-0.2, 0) is 6.54 Å². The predicted molar refractivity (Wildman–Crippen MR) is 78.9 cm³/mol. The van der Waals surface area contributed by atoms with Crippen LogP contribution in [0.25, 0.3) is 0 Å². The fraction of sp³-hybridized carbons (Fsp3) is 0.357. The zero-order chi connectivity index (χ0) is 15.2. The van der Waals surface area contributed by atoms with Gasteiger partial charge in [0, 0.05) is 19.2 Å². The van der Waals surface area contributed by atoms with E-state index in [1.54, 1.807) is 31.6 Å². The van der Waals surface area contributed by atoms with Gasteiger partial charge in [0.1, 0.15) is 5.82 Å². The number of hydrogen-bond donors (Lipinski definition) is 2. The SMILES string of the molecule is CNc1cnc(C(C)C)nc1C(=O)NCc1cccnn1. The van der Waals surface area contributed by atoms with E-state index in [9.17, 15) is 4.79 Å². The number of rotatable bonds is 5. The average Bonchev–Trinajstić information content (AvgIpc) is 2.52. The molecule has 0 aliphatic heterocycles. The van der Waals surface area contributed by atoms with Gasteiger partial charge in [0.2, 0.25) is 0 Å². The Kier molecular flexibility index (Phi) is 4.76.